The average Bonchev–Trinajstić information content (AvgIpc) is 2.62. The van der Waals surface area contributed by atoms with Crippen molar-refractivity contribution in [2.75, 3.05) is 6.54 Å². The highest BCUT2D eigenvalue weighted by Crippen LogP contribution is 2.33. The lowest BCUT2D eigenvalue weighted by Crippen LogP contribution is -2.24. The number of aliphatic carboxylic acids is 1. The maximum atomic E-state index is 9.89. The molecule has 0 aromatic carbocycles. The van der Waals surface area contributed by atoms with Gasteiger partial charge in [0.25, 0.3) is 0 Å². The first-order valence-corrected chi connectivity index (χ1v) is 3.34. The summed E-state index contributed by atoms with van der Waals surface area (Å²) in [6.45, 7) is 0.330. The summed E-state index contributed by atoms with van der Waals surface area (Å²) in [5.74, 6) is -1.10. The van der Waals surface area contributed by atoms with Crippen molar-refractivity contribution in [2.45, 2.75) is 18.4 Å². The first-order chi connectivity index (χ1) is 5.12. The smallest absolute Gasteiger partial charge is 0.348 e. The van der Waals surface area contributed by atoms with E-state index in [4.69, 9.17) is 5.11 Å². The molecule has 1 aliphatic rings. The van der Waals surface area contributed by atoms with Gasteiger partial charge in [0.2, 0.25) is 0 Å². The second kappa shape index (κ2) is 2.87. The number of rotatable bonds is 4. The Hall–Kier alpha value is -1.10. The molecule has 0 aromatic rings. The molecule has 0 unspecified atom stereocenters. The molecule has 1 saturated carbocycles. The van der Waals surface area contributed by atoms with Crippen LogP contribution in [0.3, 0.4) is 0 Å². The molecule has 0 saturated heterocycles. The van der Waals surface area contributed by atoms with E-state index in [1.165, 1.54) is 0 Å². The lowest BCUT2D eigenvalue weighted by atomic mass is 10.3. The van der Waals surface area contributed by atoms with Gasteiger partial charge in [-0.2, -0.15) is 5.10 Å². The molecule has 0 amide bonds. The highest BCUT2D eigenvalue weighted by Gasteiger charge is 2.39. The number of carbonyl (C=O) groups is 1. The highest BCUT2D eigenvalue weighted by molar-refractivity contribution is 6.21. The third kappa shape index (κ3) is 2.99. The molecule has 1 aliphatic carbocycles. The fourth-order valence-corrected chi connectivity index (χ4v) is 0.615. The fourth-order valence-electron chi connectivity index (χ4n) is 0.615. The van der Waals surface area contributed by atoms with Crippen LogP contribution in [0.15, 0.2) is 5.10 Å². The van der Waals surface area contributed by atoms with Crippen molar-refractivity contribution in [3.05, 3.63) is 0 Å². The summed E-state index contributed by atoms with van der Waals surface area (Å²) in [5.41, 5.74) is 1.83. The van der Waals surface area contributed by atoms with E-state index in [2.05, 4.69) is 10.5 Å². The van der Waals surface area contributed by atoms with E-state index in [9.17, 15) is 9.90 Å². The summed E-state index contributed by atoms with van der Waals surface area (Å²) in [6, 6.07) is 0. The monoisotopic (exact) mass is 158 g/mol. The molecule has 0 aliphatic heterocycles. The van der Waals surface area contributed by atoms with Gasteiger partial charge in [-0.15, -0.1) is 0 Å². The van der Waals surface area contributed by atoms with Crippen LogP contribution >= 0.6 is 0 Å². The van der Waals surface area contributed by atoms with Crippen LogP contribution in [0.5, 0.6) is 0 Å². The summed E-state index contributed by atoms with van der Waals surface area (Å²) < 4.78 is 0. The van der Waals surface area contributed by atoms with Crippen LogP contribution < -0.4 is 5.43 Å². The van der Waals surface area contributed by atoms with Gasteiger partial charge in [-0.1, -0.05) is 0 Å². The molecule has 5 heteroatoms. The van der Waals surface area contributed by atoms with E-state index >= 15 is 0 Å². The molecule has 11 heavy (non-hydrogen) atoms. The van der Waals surface area contributed by atoms with Gasteiger partial charge in [0.05, 0.1) is 12.1 Å². The minimum atomic E-state index is -1.10. The van der Waals surface area contributed by atoms with Gasteiger partial charge in [-0.25, -0.2) is 4.79 Å². The number of hydrogen-bond donors (Lipinski definition) is 3. The van der Waals surface area contributed by atoms with Gasteiger partial charge < -0.3 is 15.6 Å². The Morgan fingerprint density at radius 1 is 1.73 bits per heavy atom. The summed E-state index contributed by atoms with van der Waals surface area (Å²) in [7, 11) is 0. The number of aliphatic hydroxyl groups is 1. The molecular formula is C6H10N2O3. The number of carboxylic acids is 1. The maximum absolute atomic E-state index is 9.89. The maximum Gasteiger partial charge on any atom is 0.348 e. The van der Waals surface area contributed by atoms with Crippen LogP contribution in [0.1, 0.15) is 12.8 Å². The Morgan fingerprint density at radius 2 is 2.36 bits per heavy atom. The Morgan fingerprint density at radius 3 is 2.82 bits per heavy atom. The highest BCUT2D eigenvalue weighted by atomic mass is 16.4. The Bertz CT molecular complexity index is 186. The van der Waals surface area contributed by atoms with Crippen LogP contribution in [-0.4, -0.2) is 34.5 Å². The second-order valence-electron chi connectivity index (χ2n) is 2.66. The minimum absolute atomic E-state index is 0.330. The van der Waals surface area contributed by atoms with Crippen molar-refractivity contribution in [3.63, 3.8) is 0 Å². The van der Waals surface area contributed by atoms with Gasteiger partial charge in [0.1, 0.15) is 6.21 Å². The predicted molar refractivity (Wildman–Crippen MR) is 38.3 cm³/mol. The molecule has 1 rings (SSSR count). The summed E-state index contributed by atoms with van der Waals surface area (Å²) in [6.07, 6.45) is 2.29. The first kappa shape index (κ1) is 8.00. The molecule has 0 spiro atoms. The number of nitrogens with zero attached hydrogens (tertiary/aromatic N) is 1. The van der Waals surface area contributed by atoms with E-state index < -0.39 is 11.6 Å². The molecule has 62 valence electrons. The van der Waals surface area contributed by atoms with Gasteiger partial charge in [0.15, 0.2) is 0 Å². The molecular weight excluding hydrogens is 148 g/mol. The number of hydrogen-bond acceptors (Lipinski definition) is 4. The SMILES string of the molecule is O=C(O)/C=N/NCC1(O)CC1. The van der Waals surface area contributed by atoms with Crippen LogP contribution in [0, 0.1) is 0 Å². The molecule has 3 N–H and O–H groups in total. The lowest BCUT2D eigenvalue weighted by molar-refractivity contribution is -0.128. The van der Waals surface area contributed by atoms with Gasteiger partial charge in [0, 0.05) is 0 Å². The van der Waals surface area contributed by atoms with Gasteiger partial charge in [-0.3, -0.25) is 0 Å². The summed E-state index contributed by atoms with van der Waals surface area (Å²) in [5, 5.41) is 20.7. The van der Waals surface area contributed by atoms with Crippen LogP contribution in [0.2, 0.25) is 0 Å². The minimum Gasteiger partial charge on any atom is -0.477 e. The van der Waals surface area contributed by atoms with Crippen molar-refractivity contribution in [3.8, 4) is 0 Å². The van der Waals surface area contributed by atoms with E-state index in [-0.39, 0.29) is 0 Å². The fraction of sp³-hybridized carbons (Fsp3) is 0.667. The number of hydrazone groups is 1. The Balaban J connectivity index is 2.08. The first-order valence-electron chi connectivity index (χ1n) is 3.34. The standard InChI is InChI=1S/C6H10N2O3/c9-5(10)3-7-8-4-6(11)1-2-6/h3,8,11H,1-2,4H2,(H,9,10)/b7-3+. The van der Waals surface area contributed by atoms with Gasteiger partial charge >= 0.3 is 5.97 Å². The number of carboxylic acid groups (broad SMARTS) is 1. The van der Waals surface area contributed by atoms with Gasteiger partial charge in [-0.05, 0) is 12.8 Å². The van der Waals surface area contributed by atoms with Crippen LogP contribution in [0.25, 0.3) is 0 Å². The normalized spacial score (nSPS) is 20.1. The molecule has 5 nitrogen and oxygen atoms in total. The van der Waals surface area contributed by atoms with E-state index in [1.54, 1.807) is 0 Å². The zero-order valence-corrected chi connectivity index (χ0v) is 5.95. The van der Waals surface area contributed by atoms with Crippen molar-refractivity contribution >= 4 is 12.2 Å². The van der Waals surface area contributed by atoms with Crippen molar-refractivity contribution in [1.29, 1.82) is 0 Å². The van der Waals surface area contributed by atoms with E-state index in [0.29, 0.717) is 6.54 Å². The third-order valence-corrected chi connectivity index (χ3v) is 1.50. The van der Waals surface area contributed by atoms with Crippen LogP contribution in [-0.2, 0) is 4.79 Å². The predicted octanol–water partition coefficient (Wildman–Crippen LogP) is -0.829. The lowest BCUT2D eigenvalue weighted by Gasteiger charge is -2.04. The molecule has 1 fully saturated rings. The number of nitrogens with one attached hydrogen (secondary N) is 1. The van der Waals surface area contributed by atoms with Crippen molar-refractivity contribution in [1.82, 2.24) is 5.43 Å². The molecule has 0 atom stereocenters. The third-order valence-electron chi connectivity index (χ3n) is 1.50. The molecule has 0 radical (unpaired) electrons. The Labute approximate surface area is 63.7 Å². The zero-order valence-electron chi connectivity index (χ0n) is 5.95. The molecule has 0 heterocycles. The van der Waals surface area contributed by atoms with Crippen LogP contribution in [0.4, 0.5) is 0 Å². The average molecular weight is 158 g/mol. The molecule has 0 bridgehead atoms. The van der Waals surface area contributed by atoms with Crippen molar-refractivity contribution in [2.24, 2.45) is 5.10 Å². The second-order valence-corrected chi connectivity index (χ2v) is 2.66. The molecule has 0 aromatic heterocycles. The van der Waals surface area contributed by atoms with E-state index in [0.717, 1.165) is 19.1 Å². The summed E-state index contributed by atoms with van der Waals surface area (Å²) >= 11 is 0. The largest absolute Gasteiger partial charge is 0.477 e. The Kier molecular flexibility index (Phi) is 2.09. The summed E-state index contributed by atoms with van der Waals surface area (Å²) in [4.78, 5) is 9.89. The zero-order chi connectivity index (χ0) is 8.32. The van der Waals surface area contributed by atoms with E-state index in [1.807, 2.05) is 0 Å². The quantitative estimate of drug-likeness (QED) is 0.368. The van der Waals surface area contributed by atoms with Crippen molar-refractivity contribution < 1.29 is 15.0 Å². The topological polar surface area (TPSA) is 81.9 Å².